The van der Waals surface area contributed by atoms with Crippen molar-refractivity contribution in [1.82, 2.24) is 9.88 Å². The first kappa shape index (κ1) is 18.2. The third kappa shape index (κ3) is 4.14. The number of halogens is 1. The molecule has 134 valence electrons. The van der Waals surface area contributed by atoms with Crippen molar-refractivity contribution in [3.8, 4) is 11.3 Å². The topological polar surface area (TPSA) is 46.3 Å². The normalized spacial score (nSPS) is 12.0. The van der Waals surface area contributed by atoms with Gasteiger partial charge in [0.1, 0.15) is 0 Å². The van der Waals surface area contributed by atoms with Gasteiger partial charge in [-0.1, -0.05) is 54.1 Å². The van der Waals surface area contributed by atoms with Crippen molar-refractivity contribution in [1.29, 1.82) is 0 Å². The maximum absolute atomic E-state index is 12.5. The van der Waals surface area contributed by atoms with Crippen LogP contribution in [0.1, 0.15) is 30.8 Å². The molecule has 1 atom stereocenters. The molecular weight excluding hydrogens is 348 g/mol. The third-order valence-electron chi connectivity index (χ3n) is 4.50. The van der Waals surface area contributed by atoms with Gasteiger partial charge >= 0.3 is 0 Å². The Hall–Kier alpha value is -2.59. The minimum atomic E-state index is 0.0203. The molecule has 0 aliphatic heterocycles. The quantitative estimate of drug-likeness (QED) is 0.604. The predicted molar refractivity (Wildman–Crippen MR) is 103 cm³/mol. The summed E-state index contributed by atoms with van der Waals surface area (Å²) >= 11 is 6.18. The molecule has 1 aromatic heterocycles. The molecule has 2 aromatic carbocycles. The lowest BCUT2D eigenvalue weighted by Crippen LogP contribution is -2.29. The van der Waals surface area contributed by atoms with Crippen LogP contribution in [0, 0.1) is 0 Å². The maximum Gasteiger partial charge on any atom is 0.223 e. The van der Waals surface area contributed by atoms with Gasteiger partial charge < -0.3 is 9.32 Å². The first-order valence-corrected chi connectivity index (χ1v) is 8.94. The lowest BCUT2D eigenvalue weighted by molar-refractivity contribution is -0.131. The molecule has 0 radical (unpaired) electrons. The highest BCUT2D eigenvalue weighted by Gasteiger charge is 2.18. The summed E-state index contributed by atoms with van der Waals surface area (Å²) in [5.41, 5.74) is 1.91. The molecule has 3 rings (SSSR count). The Morgan fingerprint density at radius 3 is 2.58 bits per heavy atom. The lowest BCUT2D eigenvalue weighted by Gasteiger charge is -2.25. The van der Waals surface area contributed by atoms with E-state index in [1.165, 1.54) is 0 Å². The van der Waals surface area contributed by atoms with Crippen molar-refractivity contribution < 1.29 is 9.21 Å². The molecule has 1 unspecified atom stereocenters. The molecule has 0 spiro atoms. The van der Waals surface area contributed by atoms with Gasteiger partial charge in [-0.05, 0) is 24.6 Å². The summed E-state index contributed by atoms with van der Waals surface area (Å²) in [6.07, 6.45) is 2.45. The number of nitrogens with zero attached hydrogens (tertiary/aromatic N) is 2. The average molecular weight is 369 g/mol. The van der Waals surface area contributed by atoms with Crippen LogP contribution in [0.4, 0.5) is 0 Å². The van der Waals surface area contributed by atoms with Crippen molar-refractivity contribution in [2.24, 2.45) is 0 Å². The van der Waals surface area contributed by atoms with Crippen LogP contribution in [-0.2, 0) is 11.2 Å². The van der Waals surface area contributed by atoms with Gasteiger partial charge in [-0.3, -0.25) is 4.79 Å². The Kier molecular flexibility index (Phi) is 5.74. The van der Waals surface area contributed by atoms with Crippen molar-refractivity contribution in [3.05, 3.63) is 77.3 Å². The van der Waals surface area contributed by atoms with Crippen LogP contribution in [0.15, 0.2) is 65.2 Å². The van der Waals surface area contributed by atoms with Gasteiger partial charge in [0.05, 0.1) is 17.3 Å². The molecule has 0 aliphatic carbocycles. The zero-order chi connectivity index (χ0) is 18.5. The zero-order valence-electron chi connectivity index (χ0n) is 14.9. The van der Waals surface area contributed by atoms with E-state index in [0.29, 0.717) is 29.5 Å². The monoisotopic (exact) mass is 368 g/mol. The van der Waals surface area contributed by atoms with Gasteiger partial charge in [0.15, 0.2) is 11.7 Å². The van der Waals surface area contributed by atoms with Crippen LogP contribution in [-0.4, -0.2) is 22.8 Å². The SMILES string of the molecule is CC(c1ccccc1)N(C)C(=O)CCc1ncc(-c2ccccc2Cl)o1. The van der Waals surface area contributed by atoms with Crippen LogP contribution < -0.4 is 0 Å². The molecule has 0 bridgehead atoms. The smallest absolute Gasteiger partial charge is 0.223 e. The van der Waals surface area contributed by atoms with Crippen molar-refractivity contribution >= 4 is 17.5 Å². The second kappa shape index (κ2) is 8.19. The summed E-state index contributed by atoms with van der Waals surface area (Å²) in [7, 11) is 1.82. The lowest BCUT2D eigenvalue weighted by atomic mass is 10.1. The van der Waals surface area contributed by atoms with Crippen molar-refractivity contribution in [2.75, 3.05) is 7.05 Å². The number of aromatic nitrogens is 1. The first-order chi connectivity index (χ1) is 12.6. The Balaban J connectivity index is 1.61. The van der Waals surface area contributed by atoms with E-state index in [4.69, 9.17) is 16.0 Å². The number of carbonyl (C=O) groups is 1. The van der Waals surface area contributed by atoms with E-state index in [1.54, 1.807) is 11.1 Å². The molecular formula is C21H21ClN2O2. The van der Waals surface area contributed by atoms with Crippen LogP contribution >= 0.6 is 11.6 Å². The van der Waals surface area contributed by atoms with E-state index in [-0.39, 0.29) is 11.9 Å². The summed E-state index contributed by atoms with van der Waals surface area (Å²) < 4.78 is 5.76. The van der Waals surface area contributed by atoms with Gasteiger partial charge in [-0.2, -0.15) is 0 Å². The number of aryl methyl sites for hydroxylation is 1. The fourth-order valence-corrected chi connectivity index (χ4v) is 3.00. The van der Waals surface area contributed by atoms with Gasteiger partial charge in [0.25, 0.3) is 0 Å². The minimum absolute atomic E-state index is 0.0203. The number of amides is 1. The highest BCUT2D eigenvalue weighted by Crippen LogP contribution is 2.28. The van der Waals surface area contributed by atoms with Gasteiger partial charge in [0.2, 0.25) is 5.91 Å². The summed E-state index contributed by atoms with van der Waals surface area (Å²) in [5, 5.41) is 0.614. The number of hydrogen-bond acceptors (Lipinski definition) is 3. The molecule has 26 heavy (non-hydrogen) atoms. The fourth-order valence-electron chi connectivity index (χ4n) is 2.77. The van der Waals surface area contributed by atoms with E-state index in [9.17, 15) is 4.79 Å². The zero-order valence-corrected chi connectivity index (χ0v) is 15.6. The predicted octanol–water partition coefficient (Wildman–Crippen LogP) is 5.15. The first-order valence-electron chi connectivity index (χ1n) is 8.56. The van der Waals surface area contributed by atoms with Crippen molar-refractivity contribution in [3.63, 3.8) is 0 Å². The molecule has 3 aromatic rings. The number of hydrogen-bond donors (Lipinski definition) is 0. The van der Waals surface area contributed by atoms with Gasteiger partial charge in [-0.15, -0.1) is 0 Å². The number of carbonyl (C=O) groups excluding carboxylic acids is 1. The van der Waals surface area contributed by atoms with Crippen LogP contribution in [0.3, 0.4) is 0 Å². The van der Waals surface area contributed by atoms with Crippen LogP contribution in [0.25, 0.3) is 11.3 Å². The molecule has 4 nitrogen and oxygen atoms in total. The summed E-state index contributed by atoms with van der Waals surface area (Å²) in [6, 6.07) is 17.5. The second-order valence-electron chi connectivity index (χ2n) is 6.19. The van der Waals surface area contributed by atoms with Crippen LogP contribution in [0.5, 0.6) is 0 Å². The molecule has 0 saturated heterocycles. The Labute approximate surface area is 158 Å². The maximum atomic E-state index is 12.5. The standard InChI is InChI=1S/C21H21ClN2O2/c1-15(16-8-4-3-5-9-16)24(2)21(25)13-12-20-23-14-19(26-20)17-10-6-7-11-18(17)22/h3-11,14-15H,12-13H2,1-2H3. The van der Waals surface area contributed by atoms with E-state index in [2.05, 4.69) is 4.98 Å². The second-order valence-corrected chi connectivity index (χ2v) is 6.60. The average Bonchev–Trinajstić information content (AvgIpc) is 3.14. The third-order valence-corrected chi connectivity index (χ3v) is 4.83. The highest BCUT2D eigenvalue weighted by molar-refractivity contribution is 6.33. The van der Waals surface area contributed by atoms with E-state index in [0.717, 1.165) is 11.1 Å². The van der Waals surface area contributed by atoms with Gasteiger partial charge in [-0.25, -0.2) is 4.98 Å². The summed E-state index contributed by atoms with van der Waals surface area (Å²) in [6.45, 7) is 2.02. The molecule has 1 heterocycles. The van der Waals surface area contributed by atoms with E-state index in [1.807, 2.05) is 68.6 Å². The van der Waals surface area contributed by atoms with Gasteiger partial charge in [0, 0.05) is 25.5 Å². The molecule has 0 aliphatic rings. The summed E-state index contributed by atoms with van der Waals surface area (Å²) in [4.78, 5) is 18.5. The fraction of sp³-hybridized carbons (Fsp3) is 0.238. The molecule has 0 fully saturated rings. The minimum Gasteiger partial charge on any atom is -0.441 e. The Bertz CT molecular complexity index is 876. The number of oxazole rings is 1. The van der Waals surface area contributed by atoms with E-state index >= 15 is 0 Å². The molecule has 0 saturated carbocycles. The largest absolute Gasteiger partial charge is 0.441 e. The number of rotatable bonds is 6. The van der Waals surface area contributed by atoms with Crippen molar-refractivity contribution in [2.45, 2.75) is 25.8 Å². The highest BCUT2D eigenvalue weighted by atomic mass is 35.5. The molecule has 1 amide bonds. The summed E-state index contributed by atoms with van der Waals surface area (Å²) in [5.74, 6) is 1.21. The Morgan fingerprint density at radius 2 is 1.85 bits per heavy atom. The van der Waals surface area contributed by atoms with E-state index < -0.39 is 0 Å². The molecule has 0 N–H and O–H groups in total. The van der Waals surface area contributed by atoms with Crippen LogP contribution in [0.2, 0.25) is 5.02 Å². The number of benzene rings is 2. The Morgan fingerprint density at radius 1 is 1.15 bits per heavy atom. The molecule has 5 heteroatoms.